The van der Waals surface area contributed by atoms with Crippen molar-refractivity contribution in [3.05, 3.63) is 0 Å². The molecule has 0 aromatic rings. The molecule has 0 aliphatic carbocycles. The van der Waals surface area contributed by atoms with Gasteiger partial charge >= 0.3 is 5.97 Å². The van der Waals surface area contributed by atoms with Crippen LogP contribution in [0.1, 0.15) is 6.92 Å². The Bertz CT molecular complexity index is 109. The molecule has 1 amide bonds. The van der Waals surface area contributed by atoms with Gasteiger partial charge in [0, 0.05) is 0 Å². The lowest BCUT2D eigenvalue weighted by molar-refractivity contribution is -0.145. The highest BCUT2D eigenvalue weighted by atomic mass is 16.4. The number of carboxylic acids is 1. The summed E-state index contributed by atoms with van der Waals surface area (Å²) in [6.45, 7) is 1.24. The fourth-order valence-corrected chi connectivity index (χ4v) is 0.122. The first-order valence-corrected chi connectivity index (χ1v) is 2.08. The number of hydrogen-bond donors (Lipinski definition) is 2. The molecule has 0 aromatic heterocycles. The molecule has 1 atom stereocenters. The van der Waals surface area contributed by atoms with Crippen molar-refractivity contribution in [2.24, 2.45) is 11.7 Å². The molecule has 0 aliphatic rings. The van der Waals surface area contributed by atoms with Crippen molar-refractivity contribution in [2.45, 2.75) is 6.92 Å². The average Bonchev–Trinajstić information content (AvgIpc) is 1.64. The van der Waals surface area contributed by atoms with Gasteiger partial charge in [0.1, 0.15) is 5.92 Å². The average molecular weight is 153 g/mol. The van der Waals surface area contributed by atoms with Gasteiger partial charge in [-0.05, 0) is 6.92 Å². The van der Waals surface area contributed by atoms with E-state index in [4.69, 9.17) is 5.11 Å². The number of amides is 1. The number of aliphatic carboxylic acids is 1. The van der Waals surface area contributed by atoms with Gasteiger partial charge in [0.2, 0.25) is 5.91 Å². The van der Waals surface area contributed by atoms with Gasteiger partial charge in [0.15, 0.2) is 0 Å². The van der Waals surface area contributed by atoms with E-state index in [1.807, 2.05) is 0 Å². The Morgan fingerprint density at radius 3 is 1.70 bits per heavy atom. The third-order valence-electron chi connectivity index (χ3n) is 0.797. The SMILES string of the molecule is CC(C(N)=O)C(=O)O.O.O. The van der Waals surface area contributed by atoms with Crippen molar-refractivity contribution >= 4 is 11.9 Å². The minimum Gasteiger partial charge on any atom is -0.481 e. The van der Waals surface area contributed by atoms with Gasteiger partial charge in [-0.1, -0.05) is 0 Å². The highest BCUT2D eigenvalue weighted by Gasteiger charge is 2.15. The van der Waals surface area contributed by atoms with Crippen LogP contribution in [0.5, 0.6) is 0 Å². The largest absolute Gasteiger partial charge is 0.481 e. The number of primary amides is 1. The predicted molar refractivity (Wildman–Crippen MR) is 33.2 cm³/mol. The van der Waals surface area contributed by atoms with Gasteiger partial charge < -0.3 is 21.8 Å². The van der Waals surface area contributed by atoms with Crippen LogP contribution in [0.2, 0.25) is 0 Å². The van der Waals surface area contributed by atoms with E-state index in [1.54, 1.807) is 0 Å². The van der Waals surface area contributed by atoms with Crippen LogP contribution < -0.4 is 5.73 Å². The Labute approximate surface area is 57.3 Å². The van der Waals surface area contributed by atoms with Crippen molar-refractivity contribution < 1.29 is 25.6 Å². The van der Waals surface area contributed by atoms with Crippen molar-refractivity contribution in [1.82, 2.24) is 0 Å². The van der Waals surface area contributed by atoms with Gasteiger partial charge in [0.25, 0.3) is 0 Å². The van der Waals surface area contributed by atoms with Crippen LogP contribution in [0.25, 0.3) is 0 Å². The first kappa shape index (κ1) is 15.9. The first-order chi connectivity index (χ1) is 3.55. The Kier molecular flexibility index (Phi) is 9.54. The third-order valence-corrected chi connectivity index (χ3v) is 0.797. The molecule has 0 saturated heterocycles. The fraction of sp³-hybridized carbons (Fsp3) is 0.500. The van der Waals surface area contributed by atoms with E-state index < -0.39 is 17.8 Å². The normalized spacial score (nSPS) is 10.1. The van der Waals surface area contributed by atoms with Crippen LogP contribution >= 0.6 is 0 Å². The number of carbonyl (C=O) groups is 2. The van der Waals surface area contributed by atoms with Gasteiger partial charge in [-0.15, -0.1) is 0 Å². The topological polar surface area (TPSA) is 143 Å². The van der Waals surface area contributed by atoms with E-state index in [1.165, 1.54) is 6.92 Å². The second-order valence-electron chi connectivity index (χ2n) is 1.46. The highest BCUT2D eigenvalue weighted by Crippen LogP contribution is 1.89. The summed E-state index contributed by atoms with van der Waals surface area (Å²) in [5.74, 6) is -3.06. The van der Waals surface area contributed by atoms with Crippen LogP contribution in [-0.2, 0) is 9.59 Å². The Morgan fingerprint density at radius 1 is 1.40 bits per heavy atom. The number of carbonyl (C=O) groups excluding carboxylic acids is 1. The van der Waals surface area contributed by atoms with Crippen molar-refractivity contribution in [3.63, 3.8) is 0 Å². The lowest BCUT2D eigenvalue weighted by Gasteiger charge is -1.95. The van der Waals surface area contributed by atoms with E-state index in [2.05, 4.69) is 5.73 Å². The minimum absolute atomic E-state index is 0. The molecule has 0 spiro atoms. The van der Waals surface area contributed by atoms with E-state index in [0.29, 0.717) is 0 Å². The van der Waals surface area contributed by atoms with Crippen LogP contribution in [0.4, 0.5) is 0 Å². The number of carboxylic acid groups (broad SMARTS) is 1. The molecule has 0 rings (SSSR count). The molecule has 62 valence electrons. The standard InChI is InChI=1S/C4H7NO3.2H2O/c1-2(3(5)6)4(7)8;;/h2H,1H3,(H2,5,6)(H,7,8);2*1H2. The lowest BCUT2D eigenvalue weighted by atomic mass is 10.2. The lowest BCUT2D eigenvalue weighted by Crippen LogP contribution is -2.27. The molecule has 0 fully saturated rings. The molecular weight excluding hydrogens is 142 g/mol. The van der Waals surface area contributed by atoms with E-state index in [0.717, 1.165) is 0 Å². The van der Waals surface area contributed by atoms with E-state index in [-0.39, 0.29) is 11.0 Å². The number of rotatable bonds is 2. The molecule has 1 unspecified atom stereocenters. The molecule has 6 nitrogen and oxygen atoms in total. The predicted octanol–water partition coefficient (Wildman–Crippen LogP) is -2.46. The number of nitrogens with two attached hydrogens (primary N) is 1. The number of hydrogen-bond acceptors (Lipinski definition) is 2. The molecule has 0 saturated carbocycles. The molecular formula is C4H11NO5. The molecule has 7 N–H and O–H groups in total. The van der Waals surface area contributed by atoms with Crippen LogP contribution in [0.3, 0.4) is 0 Å². The first-order valence-electron chi connectivity index (χ1n) is 2.08. The Hall–Kier alpha value is -1.14. The van der Waals surface area contributed by atoms with Crippen LogP contribution in [0.15, 0.2) is 0 Å². The minimum atomic E-state index is -1.18. The summed E-state index contributed by atoms with van der Waals surface area (Å²) in [5, 5.41) is 8.05. The quantitative estimate of drug-likeness (QED) is 0.424. The maximum atomic E-state index is 9.98. The van der Waals surface area contributed by atoms with Crippen LogP contribution in [0, 0.1) is 5.92 Å². The van der Waals surface area contributed by atoms with Gasteiger partial charge in [-0.25, -0.2) is 0 Å². The van der Waals surface area contributed by atoms with Crippen molar-refractivity contribution in [1.29, 1.82) is 0 Å². The zero-order valence-electron chi connectivity index (χ0n) is 5.42. The van der Waals surface area contributed by atoms with Gasteiger partial charge in [0.05, 0.1) is 0 Å². The summed E-state index contributed by atoms with van der Waals surface area (Å²) in [4.78, 5) is 19.8. The second-order valence-corrected chi connectivity index (χ2v) is 1.46. The Morgan fingerprint density at radius 2 is 1.70 bits per heavy atom. The fourth-order valence-electron chi connectivity index (χ4n) is 0.122. The van der Waals surface area contributed by atoms with E-state index in [9.17, 15) is 9.59 Å². The molecule has 0 aliphatic heterocycles. The molecule has 0 heterocycles. The maximum Gasteiger partial charge on any atom is 0.315 e. The molecule has 6 heteroatoms. The van der Waals surface area contributed by atoms with Crippen LogP contribution in [-0.4, -0.2) is 27.9 Å². The van der Waals surface area contributed by atoms with Gasteiger partial charge in [-0.3, -0.25) is 9.59 Å². The molecule has 0 bridgehead atoms. The smallest absolute Gasteiger partial charge is 0.315 e. The molecule has 10 heavy (non-hydrogen) atoms. The molecule has 0 radical (unpaired) electrons. The summed E-state index contributed by atoms with van der Waals surface area (Å²) in [6.07, 6.45) is 0. The summed E-state index contributed by atoms with van der Waals surface area (Å²) >= 11 is 0. The van der Waals surface area contributed by atoms with E-state index >= 15 is 0 Å². The highest BCUT2D eigenvalue weighted by molar-refractivity contribution is 5.95. The Balaban J connectivity index is -0.000000245. The zero-order chi connectivity index (χ0) is 6.73. The summed E-state index contributed by atoms with van der Waals surface area (Å²) < 4.78 is 0. The van der Waals surface area contributed by atoms with Crippen molar-refractivity contribution in [2.75, 3.05) is 0 Å². The van der Waals surface area contributed by atoms with Gasteiger partial charge in [-0.2, -0.15) is 0 Å². The summed E-state index contributed by atoms with van der Waals surface area (Å²) in [6, 6.07) is 0. The summed E-state index contributed by atoms with van der Waals surface area (Å²) in [7, 11) is 0. The summed E-state index contributed by atoms with van der Waals surface area (Å²) in [5.41, 5.74) is 4.62. The zero-order valence-corrected chi connectivity index (χ0v) is 5.42. The van der Waals surface area contributed by atoms with Crippen molar-refractivity contribution in [3.8, 4) is 0 Å². The second kappa shape index (κ2) is 5.99. The monoisotopic (exact) mass is 153 g/mol. The maximum absolute atomic E-state index is 9.98. The molecule has 0 aromatic carbocycles. The third kappa shape index (κ3) is 5.01.